The SMILES string of the molecule is CC(=O)O[C@H]1CC[C@@]2(C)C(CC[C@]3(C)C2CCC2C4[C@H](C(C)C)CC[C@]4(CBr)CC[C@]23C)C1(C)C. The Labute approximate surface area is 224 Å². The van der Waals surface area contributed by atoms with Gasteiger partial charge in [0.25, 0.3) is 0 Å². The quantitative estimate of drug-likeness (QED) is 0.259. The van der Waals surface area contributed by atoms with Crippen molar-refractivity contribution in [2.24, 2.45) is 62.6 Å². The third kappa shape index (κ3) is 3.47. The number of halogens is 1. The third-order valence-electron chi connectivity index (χ3n) is 14.0. The molecule has 0 bridgehead atoms. The Morgan fingerprint density at radius 1 is 0.857 bits per heavy atom. The van der Waals surface area contributed by atoms with E-state index in [4.69, 9.17) is 4.74 Å². The van der Waals surface area contributed by atoms with Crippen LogP contribution in [0, 0.1) is 62.6 Å². The Kier molecular flexibility index (Phi) is 6.43. The zero-order valence-electron chi connectivity index (χ0n) is 24.0. The van der Waals surface area contributed by atoms with E-state index < -0.39 is 0 Å². The van der Waals surface area contributed by atoms with E-state index in [1.54, 1.807) is 6.92 Å². The Hall–Kier alpha value is -0.0500. The number of rotatable bonds is 3. The van der Waals surface area contributed by atoms with Crippen molar-refractivity contribution in [3.63, 3.8) is 0 Å². The summed E-state index contributed by atoms with van der Waals surface area (Å²) in [7, 11) is 0. The first-order chi connectivity index (χ1) is 16.3. The van der Waals surface area contributed by atoms with E-state index in [0.717, 1.165) is 36.0 Å². The third-order valence-corrected chi connectivity index (χ3v) is 15.1. The lowest BCUT2D eigenvalue weighted by Crippen LogP contribution is -2.67. The van der Waals surface area contributed by atoms with Crippen molar-refractivity contribution < 1.29 is 9.53 Å². The van der Waals surface area contributed by atoms with E-state index in [0.29, 0.717) is 27.6 Å². The minimum atomic E-state index is -0.103. The summed E-state index contributed by atoms with van der Waals surface area (Å²) in [5, 5.41) is 1.21. The second-order valence-corrected chi connectivity index (χ2v) is 16.2. The highest BCUT2D eigenvalue weighted by Gasteiger charge is 2.70. The molecule has 5 saturated carbocycles. The van der Waals surface area contributed by atoms with Crippen LogP contribution in [0.5, 0.6) is 0 Å². The molecule has 0 saturated heterocycles. The maximum atomic E-state index is 11.9. The van der Waals surface area contributed by atoms with Crippen LogP contribution in [0.25, 0.3) is 0 Å². The Bertz CT molecular complexity index is 851. The first kappa shape index (κ1) is 26.6. The van der Waals surface area contributed by atoms with Crippen LogP contribution < -0.4 is 0 Å². The van der Waals surface area contributed by atoms with Crippen LogP contribution in [0.1, 0.15) is 120 Å². The number of carbonyl (C=O) groups excluding carboxylic acids is 1. The standard InChI is InChI=1S/C32H53BrO2/c1-20(2)22-11-16-32(19-33)18-17-30(7)23(27(22)32)9-10-25-29(6)14-13-26(35-21(3)34)28(4,5)24(29)12-15-31(25,30)8/h20,22-27H,9-19H2,1-8H3/t22-,23?,24?,25?,26-,27?,29-,30+,31+,32+/m0/s1. The highest BCUT2D eigenvalue weighted by Crippen LogP contribution is 2.77. The molecule has 10 atom stereocenters. The molecule has 2 nitrogen and oxygen atoms in total. The zero-order chi connectivity index (χ0) is 25.6. The minimum Gasteiger partial charge on any atom is -0.462 e. The summed E-state index contributed by atoms with van der Waals surface area (Å²) in [5.74, 6) is 4.83. The van der Waals surface area contributed by atoms with E-state index in [1.807, 2.05) is 0 Å². The van der Waals surface area contributed by atoms with Gasteiger partial charge in [-0.1, -0.05) is 64.4 Å². The van der Waals surface area contributed by atoms with Gasteiger partial charge >= 0.3 is 5.97 Å². The van der Waals surface area contributed by atoms with Crippen LogP contribution in [0.2, 0.25) is 0 Å². The molecule has 0 heterocycles. The molecule has 0 aromatic carbocycles. The highest BCUT2D eigenvalue weighted by atomic mass is 79.9. The van der Waals surface area contributed by atoms with Gasteiger partial charge in [0.05, 0.1) is 0 Å². The van der Waals surface area contributed by atoms with E-state index in [-0.39, 0.29) is 17.5 Å². The lowest BCUT2D eigenvalue weighted by molar-refractivity contribution is -0.249. The molecule has 5 aliphatic carbocycles. The molecule has 0 spiro atoms. The summed E-state index contributed by atoms with van der Waals surface area (Å²) in [6, 6.07) is 0. The van der Waals surface area contributed by atoms with Gasteiger partial charge in [-0.3, -0.25) is 4.79 Å². The van der Waals surface area contributed by atoms with Crippen LogP contribution in [0.3, 0.4) is 0 Å². The number of carbonyl (C=O) groups is 1. The molecule has 5 fully saturated rings. The van der Waals surface area contributed by atoms with Gasteiger partial charge in [-0.2, -0.15) is 0 Å². The summed E-state index contributed by atoms with van der Waals surface area (Å²) < 4.78 is 5.93. The molecule has 0 N–H and O–H groups in total. The molecule has 0 amide bonds. The van der Waals surface area contributed by atoms with Crippen molar-refractivity contribution in [1.82, 2.24) is 0 Å². The zero-order valence-corrected chi connectivity index (χ0v) is 25.6. The van der Waals surface area contributed by atoms with Crippen LogP contribution in [0.15, 0.2) is 0 Å². The molecule has 0 aliphatic heterocycles. The predicted octanol–water partition coefficient (Wildman–Crippen LogP) is 9.05. The first-order valence-electron chi connectivity index (χ1n) is 15.0. The number of ether oxygens (including phenoxy) is 1. The van der Waals surface area contributed by atoms with Gasteiger partial charge in [-0.05, 0) is 121 Å². The first-order valence-corrected chi connectivity index (χ1v) is 16.1. The molecule has 4 unspecified atom stereocenters. The maximum Gasteiger partial charge on any atom is 0.302 e. The average Bonchev–Trinajstić information content (AvgIpc) is 3.16. The summed E-state index contributed by atoms with van der Waals surface area (Å²) in [6.45, 7) is 19.6. The summed E-state index contributed by atoms with van der Waals surface area (Å²) in [6.07, 6.45) is 13.6. The Morgan fingerprint density at radius 3 is 2.20 bits per heavy atom. The van der Waals surface area contributed by atoms with Crippen LogP contribution in [-0.4, -0.2) is 17.4 Å². The normalized spacial score (nSPS) is 52.7. The van der Waals surface area contributed by atoms with Crippen molar-refractivity contribution in [2.45, 2.75) is 126 Å². The maximum absolute atomic E-state index is 11.9. The number of alkyl halides is 1. The predicted molar refractivity (Wildman–Crippen MR) is 148 cm³/mol. The lowest BCUT2D eigenvalue weighted by atomic mass is 9.32. The molecule has 0 aromatic rings. The van der Waals surface area contributed by atoms with Crippen molar-refractivity contribution in [3.8, 4) is 0 Å². The van der Waals surface area contributed by atoms with Crippen molar-refractivity contribution >= 4 is 21.9 Å². The lowest BCUT2D eigenvalue weighted by Gasteiger charge is -2.73. The molecule has 3 heteroatoms. The number of hydrogen-bond acceptors (Lipinski definition) is 2. The van der Waals surface area contributed by atoms with Crippen LogP contribution in [0.4, 0.5) is 0 Å². The van der Waals surface area contributed by atoms with Gasteiger partial charge in [0.15, 0.2) is 0 Å². The van der Waals surface area contributed by atoms with E-state index >= 15 is 0 Å². The molecular weight excluding hydrogens is 496 g/mol. The van der Waals surface area contributed by atoms with Gasteiger partial charge < -0.3 is 4.74 Å². The topological polar surface area (TPSA) is 26.3 Å². The molecule has 0 radical (unpaired) electrons. The molecular formula is C32H53BrO2. The fourth-order valence-corrected chi connectivity index (χ4v) is 13.1. The van der Waals surface area contributed by atoms with Crippen molar-refractivity contribution in [1.29, 1.82) is 0 Å². The van der Waals surface area contributed by atoms with Gasteiger partial charge in [0.1, 0.15) is 6.10 Å². The number of fused-ring (bicyclic) bond motifs is 7. The molecule has 35 heavy (non-hydrogen) atoms. The fourth-order valence-electron chi connectivity index (χ4n) is 12.2. The second-order valence-electron chi connectivity index (χ2n) is 15.6. The van der Waals surface area contributed by atoms with Crippen molar-refractivity contribution in [3.05, 3.63) is 0 Å². The monoisotopic (exact) mass is 548 g/mol. The number of esters is 1. The minimum absolute atomic E-state index is 0.0592. The van der Waals surface area contributed by atoms with Crippen LogP contribution >= 0.6 is 15.9 Å². The molecule has 200 valence electrons. The van der Waals surface area contributed by atoms with Gasteiger partial charge in [0.2, 0.25) is 0 Å². The Morgan fingerprint density at radius 2 is 1.57 bits per heavy atom. The van der Waals surface area contributed by atoms with Crippen LogP contribution in [-0.2, 0) is 9.53 Å². The number of hydrogen-bond donors (Lipinski definition) is 0. The summed E-state index contributed by atoms with van der Waals surface area (Å²) in [5.41, 5.74) is 1.85. The van der Waals surface area contributed by atoms with Crippen molar-refractivity contribution in [2.75, 3.05) is 5.33 Å². The second kappa shape index (κ2) is 8.47. The molecule has 5 rings (SSSR count). The average molecular weight is 550 g/mol. The fraction of sp³-hybridized carbons (Fsp3) is 0.969. The Balaban J connectivity index is 1.50. The van der Waals surface area contributed by atoms with Gasteiger partial charge in [0, 0.05) is 17.7 Å². The summed E-state index contributed by atoms with van der Waals surface area (Å²) >= 11 is 4.06. The van der Waals surface area contributed by atoms with E-state index in [1.165, 1.54) is 63.1 Å². The largest absolute Gasteiger partial charge is 0.462 e. The van der Waals surface area contributed by atoms with E-state index in [2.05, 4.69) is 64.4 Å². The van der Waals surface area contributed by atoms with E-state index in [9.17, 15) is 4.79 Å². The molecule has 0 aromatic heterocycles. The highest BCUT2D eigenvalue weighted by molar-refractivity contribution is 9.09. The van der Waals surface area contributed by atoms with Gasteiger partial charge in [-0.25, -0.2) is 0 Å². The smallest absolute Gasteiger partial charge is 0.302 e. The molecule has 5 aliphatic rings. The summed E-state index contributed by atoms with van der Waals surface area (Å²) in [4.78, 5) is 11.9. The van der Waals surface area contributed by atoms with Gasteiger partial charge in [-0.15, -0.1) is 0 Å².